The lowest BCUT2D eigenvalue weighted by Crippen LogP contribution is -2.51. The molecule has 18 heavy (non-hydrogen) atoms. The van der Waals surface area contributed by atoms with Gasteiger partial charge in [-0.25, -0.2) is 0 Å². The molecule has 2 unspecified atom stereocenters. The van der Waals surface area contributed by atoms with E-state index in [-0.39, 0.29) is 18.0 Å². The van der Waals surface area contributed by atoms with Gasteiger partial charge in [-0.3, -0.25) is 4.79 Å². The maximum Gasteiger partial charge on any atom is 0.268 e. The third-order valence-corrected chi connectivity index (χ3v) is 4.46. The average molecular weight is 268 g/mol. The van der Waals surface area contributed by atoms with Crippen LogP contribution >= 0.6 is 11.3 Å². The first-order chi connectivity index (χ1) is 8.69. The summed E-state index contributed by atoms with van der Waals surface area (Å²) in [4.78, 5) is 15.2. The van der Waals surface area contributed by atoms with Gasteiger partial charge in [-0.05, 0) is 37.6 Å². The van der Waals surface area contributed by atoms with Gasteiger partial charge in [0.25, 0.3) is 5.91 Å². The van der Waals surface area contributed by atoms with Crippen LogP contribution in [0, 0.1) is 0 Å². The Kier molecular flexibility index (Phi) is 4.24. The molecule has 2 rings (SSSR count). The van der Waals surface area contributed by atoms with Crippen molar-refractivity contribution in [1.29, 1.82) is 0 Å². The minimum atomic E-state index is 0.0597. The maximum atomic E-state index is 12.6. The maximum absolute atomic E-state index is 12.6. The summed E-state index contributed by atoms with van der Waals surface area (Å²) >= 11 is 1.43. The molecule has 2 heterocycles. The van der Waals surface area contributed by atoms with Gasteiger partial charge in [0.1, 0.15) is 10.6 Å². The largest absolute Gasteiger partial charge is 0.495 e. The third-order valence-electron chi connectivity index (χ3n) is 3.58. The number of thiophene rings is 1. The number of carbonyl (C=O) groups is 1. The number of nitrogens with zero attached hydrogens (tertiary/aromatic N) is 1. The Labute approximate surface area is 112 Å². The van der Waals surface area contributed by atoms with E-state index in [0.717, 1.165) is 19.3 Å². The van der Waals surface area contributed by atoms with E-state index in [1.54, 1.807) is 7.11 Å². The highest BCUT2D eigenvalue weighted by molar-refractivity contribution is 7.12. The summed E-state index contributed by atoms with van der Waals surface area (Å²) in [5.41, 5.74) is 5.80. The lowest BCUT2D eigenvalue weighted by molar-refractivity contribution is 0.0496. The number of carbonyl (C=O) groups excluding carboxylic acids is 1. The van der Waals surface area contributed by atoms with E-state index in [2.05, 4.69) is 6.92 Å². The van der Waals surface area contributed by atoms with Crippen LogP contribution in [0.25, 0.3) is 0 Å². The molecule has 2 N–H and O–H groups in total. The summed E-state index contributed by atoms with van der Waals surface area (Å²) in [6.45, 7) is 2.63. The molecule has 1 aromatic heterocycles. The van der Waals surface area contributed by atoms with Gasteiger partial charge in [0.15, 0.2) is 0 Å². The predicted molar refractivity (Wildman–Crippen MR) is 73.2 cm³/mol. The number of amides is 1. The zero-order chi connectivity index (χ0) is 13.1. The van der Waals surface area contributed by atoms with Crippen LogP contribution in [-0.4, -0.2) is 36.5 Å². The van der Waals surface area contributed by atoms with Gasteiger partial charge in [0.2, 0.25) is 0 Å². The highest BCUT2D eigenvalue weighted by Gasteiger charge is 2.33. The molecule has 1 aliphatic rings. The second-order valence-electron chi connectivity index (χ2n) is 4.70. The van der Waals surface area contributed by atoms with Gasteiger partial charge in [-0.1, -0.05) is 0 Å². The second kappa shape index (κ2) is 5.71. The van der Waals surface area contributed by atoms with Crippen molar-refractivity contribution in [3.63, 3.8) is 0 Å². The van der Waals surface area contributed by atoms with Crippen LogP contribution in [0.2, 0.25) is 0 Å². The number of ether oxygens (including phenoxy) is 1. The number of likely N-dealkylation sites (tertiary alicyclic amines) is 1. The molecule has 0 saturated carbocycles. The minimum absolute atomic E-state index is 0.0597. The van der Waals surface area contributed by atoms with E-state index in [9.17, 15) is 4.79 Å². The Bertz CT molecular complexity index is 419. The number of hydrogen-bond donors (Lipinski definition) is 1. The van der Waals surface area contributed by atoms with Gasteiger partial charge in [0, 0.05) is 18.6 Å². The van der Waals surface area contributed by atoms with Crippen LogP contribution in [0.15, 0.2) is 11.4 Å². The predicted octanol–water partition coefficient (Wildman–Crippen LogP) is 2.10. The summed E-state index contributed by atoms with van der Waals surface area (Å²) in [6, 6.07) is 2.25. The quantitative estimate of drug-likeness (QED) is 0.913. The van der Waals surface area contributed by atoms with Gasteiger partial charge >= 0.3 is 0 Å². The summed E-state index contributed by atoms with van der Waals surface area (Å²) in [6.07, 6.45) is 3.20. The monoisotopic (exact) mass is 268 g/mol. The molecule has 0 bridgehead atoms. The number of rotatable bonds is 3. The van der Waals surface area contributed by atoms with Gasteiger partial charge < -0.3 is 15.4 Å². The first-order valence-corrected chi connectivity index (χ1v) is 7.21. The molecule has 0 radical (unpaired) electrons. The molecule has 5 heteroatoms. The molecule has 0 spiro atoms. The topological polar surface area (TPSA) is 55.6 Å². The van der Waals surface area contributed by atoms with Crippen molar-refractivity contribution in [1.82, 2.24) is 4.90 Å². The fraction of sp³-hybridized carbons (Fsp3) is 0.615. The second-order valence-corrected chi connectivity index (χ2v) is 5.62. The number of methoxy groups -OCH3 is 1. The molecule has 1 fully saturated rings. The van der Waals surface area contributed by atoms with Crippen molar-refractivity contribution in [2.24, 2.45) is 5.73 Å². The van der Waals surface area contributed by atoms with Crippen LogP contribution in [-0.2, 0) is 0 Å². The van der Waals surface area contributed by atoms with E-state index in [1.165, 1.54) is 11.3 Å². The van der Waals surface area contributed by atoms with Crippen molar-refractivity contribution >= 4 is 17.2 Å². The van der Waals surface area contributed by atoms with Gasteiger partial charge in [-0.15, -0.1) is 11.3 Å². The third kappa shape index (κ3) is 2.37. The van der Waals surface area contributed by atoms with Crippen LogP contribution in [0.4, 0.5) is 0 Å². The Morgan fingerprint density at radius 2 is 2.39 bits per heavy atom. The lowest BCUT2D eigenvalue weighted by atomic mass is 9.96. The molecule has 100 valence electrons. The fourth-order valence-electron chi connectivity index (χ4n) is 2.62. The lowest BCUT2D eigenvalue weighted by Gasteiger charge is -2.40. The molecule has 1 aliphatic heterocycles. The van der Waals surface area contributed by atoms with Crippen molar-refractivity contribution < 1.29 is 9.53 Å². The SMILES string of the molecule is COc1ccsc1C(=O)N1C(C)CCCC1CN. The van der Waals surface area contributed by atoms with E-state index >= 15 is 0 Å². The Hall–Kier alpha value is -1.07. The normalized spacial score (nSPS) is 24.1. The minimum Gasteiger partial charge on any atom is -0.495 e. The first kappa shape index (κ1) is 13.4. The zero-order valence-electron chi connectivity index (χ0n) is 10.9. The molecule has 4 nitrogen and oxygen atoms in total. The van der Waals surface area contributed by atoms with Crippen molar-refractivity contribution in [3.8, 4) is 5.75 Å². The summed E-state index contributed by atoms with van der Waals surface area (Å²) in [5, 5.41) is 1.89. The Morgan fingerprint density at radius 3 is 3.06 bits per heavy atom. The highest BCUT2D eigenvalue weighted by Crippen LogP contribution is 2.30. The van der Waals surface area contributed by atoms with Crippen LogP contribution in [0.1, 0.15) is 35.9 Å². The molecule has 1 aromatic rings. The number of nitrogens with two attached hydrogens (primary N) is 1. The number of hydrogen-bond acceptors (Lipinski definition) is 4. The van der Waals surface area contributed by atoms with E-state index in [4.69, 9.17) is 10.5 Å². The number of piperidine rings is 1. The first-order valence-electron chi connectivity index (χ1n) is 6.33. The average Bonchev–Trinajstić information content (AvgIpc) is 2.85. The van der Waals surface area contributed by atoms with E-state index in [1.807, 2.05) is 16.3 Å². The molecular weight excluding hydrogens is 248 g/mol. The molecule has 1 amide bonds. The fourth-order valence-corrected chi connectivity index (χ4v) is 3.42. The molecule has 0 aromatic carbocycles. The van der Waals surface area contributed by atoms with Gasteiger partial charge in [-0.2, -0.15) is 0 Å². The van der Waals surface area contributed by atoms with E-state index < -0.39 is 0 Å². The van der Waals surface area contributed by atoms with Crippen LogP contribution in [0.5, 0.6) is 5.75 Å². The van der Waals surface area contributed by atoms with Gasteiger partial charge in [0.05, 0.1) is 7.11 Å². The summed E-state index contributed by atoms with van der Waals surface area (Å²) < 4.78 is 5.23. The van der Waals surface area contributed by atoms with Crippen molar-refractivity contribution in [2.75, 3.05) is 13.7 Å². The van der Waals surface area contributed by atoms with Crippen molar-refractivity contribution in [2.45, 2.75) is 38.3 Å². The van der Waals surface area contributed by atoms with Crippen LogP contribution < -0.4 is 10.5 Å². The van der Waals surface area contributed by atoms with Crippen molar-refractivity contribution in [3.05, 3.63) is 16.3 Å². The smallest absolute Gasteiger partial charge is 0.268 e. The van der Waals surface area contributed by atoms with Crippen LogP contribution in [0.3, 0.4) is 0 Å². The molecule has 1 saturated heterocycles. The van der Waals surface area contributed by atoms with E-state index in [0.29, 0.717) is 17.2 Å². The highest BCUT2D eigenvalue weighted by atomic mass is 32.1. The Balaban J connectivity index is 2.25. The molecule has 0 aliphatic carbocycles. The molecule has 2 atom stereocenters. The Morgan fingerprint density at radius 1 is 1.61 bits per heavy atom. The zero-order valence-corrected chi connectivity index (χ0v) is 11.7. The summed E-state index contributed by atoms with van der Waals surface area (Å²) in [5.74, 6) is 0.725. The summed E-state index contributed by atoms with van der Waals surface area (Å²) in [7, 11) is 1.60. The molecular formula is C13H20N2O2S. The standard InChI is InChI=1S/C13H20N2O2S/c1-9-4-3-5-10(8-14)15(9)13(16)12-11(17-2)6-7-18-12/h6-7,9-10H,3-5,8,14H2,1-2H3.